The van der Waals surface area contributed by atoms with Crippen LogP contribution in [-0.2, 0) is 4.74 Å². The summed E-state index contributed by atoms with van der Waals surface area (Å²) in [5.74, 6) is -1.11. The van der Waals surface area contributed by atoms with Gasteiger partial charge in [-0.25, -0.2) is 4.79 Å². The van der Waals surface area contributed by atoms with Crippen LogP contribution in [0.4, 0.5) is 5.88 Å². The zero-order chi connectivity index (χ0) is 17.7. The molecule has 0 radical (unpaired) electrons. The average Bonchev–Trinajstić information content (AvgIpc) is 2.84. The van der Waals surface area contributed by atoms with Crippen molar-refractivity contribution < 1.29 is 18.7 Å². The fourth-order valence-electron chi connectivity index (χ4n) is 2.89. The minimum Gasteiger partial charge on any atom is -0.462 e. The quantitative estimate of drug-likeness (QED) is 0.551. The number of carbonyl (C=O) groups is 2. The van der Waals surface area contributed by atoms with Crippen LogP contribution in [0.15, 0.2) is 4.42 Å². The summed E-state index contributed by atoms with van der Waals surface area (Å²) in [7, 11) is 0. The van der Waals surface area contributed by atoms with Gasteiger partial charge >= 0.3 is 5.97 Å². The molecule has 1 aromatic rings. The highest BCUT2D eigenvalue weighted by Crippen LogP contribution is 2.27. The van der Waals surface area contributed by atoms with Crippen LogP contribution in [0.25, 0.3) is 0 Å². The van der Waals surface area contributed by atoms with Crippen LogP contribution in [-0.4, -0.2) is 29.6 Å². The van der Waals surface area contributed by atoms with Crippen LogP contribution < -0.4 is 16.4 Å². The number of nitrogens with one attached hydrogen (secondary N) is 2. The zero-order valence-electron chi connectivity index (χ0n) is 13.9. The number of aryl methyl sites for hydroxylation is 1. The third-order valence-corrected chi connectivity index (χ3v) is 4.20. The number of amides is 1. The topological polar surface area (TPSA) is 107 Å². The van der Waals surface area contributed by atoms with Gasteiger partial charge in [0.25, 0.3) is 5.91 Å². The van der Waals surface area contributed by atoms with Gasteiger partial charge in [0, 0.05) is 6.04 Å². The average molecular weight is 353 g/mol. The van der Waals surface area contributed by atoms with E-state index in [0.29, 0.717) is 11.2 Å². The number of hydrogen-bond acceptors (Lipinski definition) is 5. The van der Waals surface area contributed by atoms with Gasteiger partial charge in [0.15, 0.2) is 5.11 Å². The second-order valence-electron chi connectivity index (χ2n) is 5.76. The van der Waals surface area contributed by atoms with Crippen molar-refractivity contribution in [1.82, 2.24) is 5.32 Å². The van der Waals surface area contributed by atoms with Crippen molar-refractivity contribution in [3.05, 3.63) is 16.9 Å². The summed E-state index contributed by atoms with van der Waals surface area (Å²) in [6.45, 7) is 3.44. The van der Waals surface area contributed by atoms with Gasteiger partial charge in [0.1, 0.15) is 16.9 Å². The summed E-state index contributed by atoms with van der Waals surface area (Å²) in [6.07, 6.45) is 5.68. The maximum Gasteiger partial charge on any atom is 0.342 e. The highest BCUT2D eigenvalue weighted by atomic mass is 32.1. The molecule has 0 bridgehead atoms. The molecule has 0 spiro atoms. The van der Waals surface area contributed by atoms with E-state index in [9.17, 15) is 9.59 Å². The van der Waals surface area contributed by atoms with Gasteiger partial charge in [-0.1, -0.05) is 19.3 Å². The number of thiocarbonyl (C=S) groups is 1. The normalized spacial score (nSPS) is 14.9. The van der Waals surface area contributed by atoms with Crippen molar-refractivity contribution in [1.29, 1.82) is 0 Å². The lowest BCUT2D eigenvalue weighted by Gasteiger charge is -2.24. The number of esters is 1. The summed E-state index contributed by atoms with van der Waals surface area (Å²) in [5.41, 5.74) is 5.40. The Kier molecular flexibility index (Phi) is 6.19. The Morgan fingerprint density at radius 2 is 1.96 bits per heavy atom. The second kappa shape index (κ2) is 8.14. The predicted octanol–water partition coefficient (Wildman–Crippen LogP) is 2.48. The van der Waals surface area contributed by atoms with Crippen LogP contribution in [0.5, 0.6) is 0 Å². The number of carbonyl (C=O) groups excluding carboxylic acids is 2. The van der Waals surface area contributed by atoms with E-state index in [2.05, 4.69) is 10.6 Å². The van der Waals surface area contributed by atoms with Crippen LogP contribution >= 0.6 is 12.2 Å². The first-order chi connectivity index (χ1) is 11.4. The molecule has 0 atom stereocenters. The molecule has 0 aromatic carbocycles. The fraction of sp³-hybridized carbons (Fsp3) is 0.562. The van der Waals surface area contributed by atoms with E-state index in [1.807, 2.05) is 0 Å². The first-order valence-corrected chi connectivity index (χ1v) is 8.52. The van der Waals surface area contributed by atoms with Gasteiger partial charge in [-0.05, 0) is 38.9 Å². The minimum absolute atomic E-state index is 0.0346. The van der Waals surface area contributed by atoms with E-state index in [1.165, 1.54) is 19.3 Å². The number of rotatable bonds is 5. The fourth-order valence-corrected chi connectivity index (χ4v) is 3.15. The highest BCUT2D eigenvalue weighted by Gasteiger charge is 2.28. The summed E-state index contributed by atoms with van der Waals surface area (Å²) in [6, 6.07) is 0.302. The van der Waals surface area contributed by atoms with Crippen molar-refractivity contribution in [3.8, 4) is 0 Å². The number of primary amides is 1. The molecule has 0 aliphatic heterocycles. The van der Waals surface area contributed by atoms with Gasteiger partial charge in [0.05, 0.1) is 6.61 Å². The molecule has 1 aliphatic carbocycles. The first-order valence-electron chi connectivity index (χ1n) is 8.11. The van der Waals surface area contributed by atoms with E-state index >= 15 is 0 Å². The van der Waals surface area contributed by atoms with Crippen molar-refractivity contribution >= 4 is 35.1 Å². The molecular formula is C16H23N3O4S. The summed E-state index contributed by atoms with van der Waals surface area (Å²) in [4.78, 5) is 23.8. The molecule has 24 heavy (non-hydrogen) atoms. The van der Waals surface area contributed by atoms with Crippen LogP contribution in [0, 0.1) is 6.92 Å². The zero-order valence-corrected chi connectivity index (χ0v) is 14.8. The van der Waals surface area contributed by atoms with E-state index in [-0.39, 0.29) is 29.4 Å². The van der Waals surface area contributed by atoms with E-state index < -0.39 is 11.9 Å². The Labute approximate surface area is 146 Å². The molecule has 1 amide bonds. The van der Waals surface area contributed by atoms with Crippen molar-refractivity contribution in [2.24, 2.45) is 5.73 Å². The van der Waals surface area contributed by atoms with Crippen LogP contribution in [0.1, 0.15) is 65.5 Å². The first kappa shape index (κ1) is 18.3. The highest BCUT2D eigenvalue weighted by molar-refractivity contribution is 7.80. The number of hydrogen-bond donors (Lipinski definition) is 3. The van der Waals surface area contributed by atoms with Gasteiger partial charge in [-0.3, -0.25) is 4.79 Å². The summed E-state index contributed by atoms with van der Waals surface area (Å²) in [5, 5.41) is 6.39. The van der Waals surface area contributed by atoms with Crippen LogP contribution in [0.2, 0.25) is 0 Å². The standard InChI is InChI=1S/C16H23N3O4S/c1-3-22-15(21)11-9(2)23-14(12(11)13(17)20)19-16(24)18-10-7-5-4-6-8-10/h10H,3-8H2,1-2H3,(H2,17,20)(H2,18,19,24). The van der Waals surface area contributed by atoms with Crippen molar-refractivity contribution in [3.63, 3.8) is 0 Å². The lowest BCUT2D eigenvalue weighted by atomic mass is 9.96. The van der Waals surface area contributed by atoms with Gasteiger partial charge in [-0.2, -0.15) is 0 Å². The van der Waals surface area contributed by atoms with E-state index in [1.54, 1.807) is 13.8 Å². The molecule has 0 saturated heterocycles. The van der Waals surface area contributed by atoms with Crippen LogP contribution in [0.3, 0.4) is 0 Å². The molecule has 2 rings (SSSR count). The third kappa shape index (κ3) is 4.25. The molecule has 0 unspecified atom stereocenters. The second-order valence-corrected chi connectivity index (χ2v) is 6.16. The van der Waals surface area contributed by atoms with Gasteiger partial charge < -0.3 is 25.5 Å². The maximum absolute atomic E-state index is 12.0. The van der Waals surface area contributed by atoms with Crippen molar-refractivity contribution in [2.75, 3.05) is 11.9 Å². The minimum atomic E-state index is -0.780. The van der Waals surface area contributed by atoms with Gasteiger partial charge in [-0.15, -0.1) is 0 Å². The Morgan fingerprint density at radius 3 is 2.54 bits per heavy atom. The maximum atomic E-state index is 12.0. The lowest BCUT2D eigenvalue weighted by molar-refractivity contribution is 0.0521. The monoisotopic (exact) mass is 353 g/mol. The van der Waals surface area contributed by atoms with E-state index in [0.717, 1.165) is 12.8 Å². The van der Waals surface area contributed by atoms with Gasteiger partial charge in [0.2, 0.25) is 5.88 Å². The number of nitrogens with two attached hydrogens (primary N) is 1. The Bertz CT molecular complexity index is 636. The Balaban J connectivity index is 2.17. The molecule has 8 heteroatoms. The predicted molar refractivity (Wildman–Crippen MR) is 94.1 cm³/mol. The largest absolute Gasteiger partial charge is 0.462 e. The Hall–Kier alpha value is -2.09. The molecule has 7 nitrogen and oxygen atoms in total. The Morgan fingerprint density at radius 1 is 1.29 bits per heavy atom. The lowest BCUT2D eigenvalue weighted by Crippen LogP contribution is -2.39. The summed E-state index contributed by atoms with van der Waals surface area (Å²) >= 11 is 5.28. The molecule has 1 saturated carbocycles. The molecule has 4 N–H and O–H groups in total. The summed E-state index contributed by atoms with van der Waals surface area (Å²) < 4.78 is 10.5. The number of anilines is 1. The molecule has 1 fully saturated rings. The van der Waals surface area contributed by atoms with Crippen molar-refractivity contribution in [2.45, 2.75) is 52.0 Å². The van der Waals surface area contributed by atoms with E-state index in [4.69, 9.17) is 27.1 Å². The number of ether oxygens (including phenoxy) is 1. The molecular weight excluding hydrogens is 330 g/mol. The smallest absolute Gasteiger partial charge is 0.342 e. The number of furan rings is 1. The molecule has 1 heterocycles. The molecule has 132 valence electrons. The SMILES string of the molecule is CCOC(=O)c1c(C)oc(NC(=S)NC2CCCCC2)c1C(N)=O. The molecule has 1 aromatic heterocycles. The molecule has 1 aliphatic rings. The third-order valence-electron chi connectivity index (χ3n) is 3.98.